The largest absolute Gasteiger partial charge is 0.272 e. The van der Waals surface area contributed by atoms with E-state index in [0.29, 0.717) is 12.1 Å². The zero-order valence-electron chi connectivity index (χ0n) is 8.53. The fraction of sp³-hybridized carbons (Fsp3) is 0.333. The lowest BCUT2D eigenvalue weighted by molar-refractivity contribution is -0.385. The van der Waals surface area contributed by atoms with Crippen LogP contribution >= 0.6 is 0 Å². The third kappa shape index (κ3) is 3.61. The Labute approximate surface area is 86.6 Å². The highest BCUT2D eigenvalue weighted by Crippen LogP contribution is 2.15. The standard InChI is InChI=1S/C9H12FN3O2/c1-12(2)11-6-7-3-8(10)5-9(4-7)13(14)15/h3-5,11H,6H2,1-2H3. The number of nitrogens with zero attached hydrogens (tertiary/aromatic N) is 2. The lowest BCUT2D eigenvalue weighted by Gasteiger charge is -2.11. The molecule has 15 heavy (non-hydrogen) atoms. The molecule has 0 amide bonds. The average Bonchev–Trinajstić information content (AvgIpc) is 2.13. The highest BCUT2D eigenvalue weighted by molar-refractivity contribution is 5.35. The molecule has 0 aromatic heterocycles. The van der Waals surface area contributed by atoms with Crippen LogP contribution in [0.1, 0.15) is 5.56 Å². The maximum atomic E-state index is 13.0. The molecule has 82 valence electrons. The Hall–Kier alpha value is -1.53. The van der Waals surface area contributed by atoms with Gasteiger partial charge in [0.05, 0.1) is 11.0 Å². The predicted molar refractivity (Wildman–Crippen MR) is 53.6 cm³/mol. The number of benzene rings is 1. The van der Waals surface area contributed by atoms with Crippen LogP contribution < -0.4 is 5.43 Å². The van der Waals surface area contributed by atoms with Gasteiger partial charge in [-0.05, 0) is 11.6 Å². The maximum absolute atomic E-state index is 13.0. The summed E-state index contributed by atoms with van der Waals surface area (Å²) in [5, 5.41) is 12.1. The highest BCUT2D eigenvalue weighted by Gasteiger charge is 2.09. The summed E-state index contributed by atoms with van der Waals surface area (Å²) in [7, 11) is 3.57. The quantitative estimate of drug-likeness (QED) is 0.605. The molecule has 0 unspecified atom stereocenters. The van der Waals surface area contributed by atoms with Gasteiger partial charge in [-0.3, -0.25) is 20.5 Å². The number of non-ortho nitro benzene ring substituents is 1. The molecule has 1 rings (SSSR count). The second kappa shape index (κ2) is 4.81. The molecule has 0 heterocycles. The van der Waals surface area contributed by atoms with E-state index in [1.54, 1.807) is 19.1 Å². The van der Waals surface area contributed by atoms with Gasteiger partial charge in [-0.15, -0.1) is 0 Å². The molecule has 1 aromatic carbocycles. The molecule has 1 aromatic rings. The topological polar surface area (TPSA) is 58.4 Å². The Morgan fingerprint density at radius 3 is 2.67 bits per heavy atom. The van der Waals surface area contributed by atoms with Gasteiger partial charge in [-0.25, -0.2) is 4.39 Å². The molecule has 0 bridgehead atoms. The second-order valence-corrected chi connectivity index (χ2v) is 3.30. The molecule has 0 spiro atoms. The van der Waals surface area contributed by atoms with Gasteiger partial charge < -0.3 is 0 Å². The van der Waals surface area contributed by atoms with Crippen molar-refractivity contribution in [3.8, 4) is 0 Å². The number of rotatable bonds is 4. The summed E-state index contributed by atoms with van der Waals surface area (Å²) in [6.45, 7) is 0.353. The Kier molecular flexibility index (Phi) is 3.70. The molecule has 0 saturated heterocycles. The van der Waals surface area contributed by atoms with Crippen molar-refractivity contribution in [2.75, 3.05) is 14.1 Å². The van der Waals surface area contributed by atoms with E-state index in [4.69, 9.17) is 0 Å². The molecule has 6 heteroatoms. The molecule has 5 nitrogen and oxygen atoms in total. The van der Waals surface area contributed by atoms with Gasteiger partial charge in [-0.1, -0.05) is 0 Å². The average molecular weight is 213 g/mol. The molecule has 1 N–H and O–H groups in total. The Balaban J connectivity index is 2.84. The first-order valence-corrected chi connectivity index (χ1v) is 4.33. The summed E-state index contributed by atoms with van der Waals surface area (Å²) >= 11 is 0. The summed E-state index contributed by atoms with van der Waals surface area (Å²) in [4.78, 5) is 9.84. The third-order valence-corrected chi connectivity index (χ3v) is 1.75. The van der Waals surface area contributed by atoms with Gasteiger partial charge in [0.2, 0.25) is 0 Å². The third-order valence-electron chi connectivity index (χ3n) is 1.75. The first-order chi connectivity index (χ1) is 6.99. The number of hydrogen-bond acceptors (Lipinski definition) is 4. The van der Waals surface area contributed by atoms with Gasteiger partial charge in [0.1, 0.15) is 5.82 Å². The van der Waals surface area contributed by atoms with Crippen LogP contribution in [0.4, 0.5) is 10.1 Å². The molecule has 0 atom stereocenters. The highest BCUT2D eigenvalue weighted by atomic mass is 19.1. The number of halogens is 1. The number of nitrogens with one attached hydrogen (secondary N) is 1. The van der Waals surface area contributed by atoms with Crippen LogP contribution in [0.3, 0.4) is 0 Å². The number of hydrogen-bond donors (Lipinski definition) is 1. The zero-order chi connectivity index (χ0) is 11.4. The first-order valence-electron chi connectivity index (χ1n) is 4.33. The van der Waals surface area contributed by atoms with Crippen LogP contribution in [-0.4, -0.2) is 24.0 Å². The van der Waals surface area contributed by atoms with Crippen LogP contribution in [0, 0.1) is 15.9 Å². The second-order valence-electron chi connectivity index (χ2n) is 3.30. The predicted octanol–water partition coefficient (Wildman–Crippen LogP) is 1.30. The number of hydrazine groups is 1. The van der Waals surface area contributed by atoms with Gasteiger partial charge in [0.15, 0.2) is 0 Å². The van der Waals surface area contributed by atoms with Crippen LogP contribution in [0.5, 0.6) is 0 Å². The van der Waals surface area contributed by atoms with Crippen molar-refractivity contribution in [3.63, 3.8) is 0 Å². The van der Waals surface area contributed by atoms with Crippen molar-refractivity contribution >= 4 is 5.69 Å². The van der Waals surface area contributed by atoms with Crippen molar-refractivity contribution in [1.29, 1.82) is 0 Å². The Bertz CT molecular complexity index is 368. The molecule has 0 radical (unpaired) electrons. The Morgan fingerprint density at radius 1 is 1.47 bits per heavy atom. The monoisotopic (exact) mass is 213 g/mol. The van der Waals surface area contributed by atoms with E-state index < -0.39 is 10.7 Å². The van der Waals surface area contributed by atoms with Gasteiger partial charge in [0.25, 0.3) is 5.69 Å². The van der Waals surface area contributed by atoms with E-state index >= 15 is 0 Å². The van der Waals surface area contributed by atoms with Crippen molar-refractivity contribution in [2.24, 2.45) is 0 Å². The molecule has 0 aliphatic rings. The van der Waals surface area contributed by atoms with Gasteiger partial charge >= 0.3 is 0 Å². The van der Waals surface area contributed by atoms with Crippen LogP contribution in [-0.2, 0) is 6.54 Å². The normalized spacial score (nSPS) is 10.7. The van der Waals surface area contributed by atoms with Gasteiger partial charge in [-0.2, -0.15) is 0 Å². The lowest BCUT2D eigenvalue weighted by Crippen LogP contribution is -2.29. The van der Waals surface area contributed by atoms with Crippen LogP contribution in [0.2, 0.25) is 0 Å². The molecular formula is C9H12FN3O2. The van der Waals surface area contributed by atoms with E-state index in [1.165, 1.54) is 12.1 Å². The zero-order valence-corrected chi connectivity index (χ0v) is 8.53. The lowest BCUT2D eigenvalue weighted by atomic mass is 10.2. The first kappa shape index (κ1) is 11.5. The summed E-state index contributed by atoms with van der Waals surface area (Å²) < 4.78 is 13.0. The fourth-order valence-electron chi connectivity index (χ4n) is 1.09. The smallest absolute Gasteiger partial charge is 0.258 e. The summed E-state index contributed by atoms with van der Waals surface area (Å²) in [6.07, 6.45) is 0. The molecule has 0 fully saturated rings. The summed E-state index contributed by atoms with van der Waals surface area (Å²) in [6, 6.07) is 3.52. The Morgan fingerprint density at radius 2 is 2.13 bits per heavy atom. The maximum Gasteiger partial charge on any atom is 0.272 e. The minimum atomic E-state index is -0.609. The molecule has 0 saturated carbocycles. The molecule has 0 aliphatic carbocycles. The van der Waals surface area contributed by atoms with Gasteiger partial charge in [0, 0.05) is 26.7 Å². The minimum Gasteiger partial charge on any atom is -0.258 e. The fourth-order valence-corrected chi connectivity index (χ4v) is 1.09. The van der Waals surface area contributed by atoms with Crippen molar-refractivity contribution in [3.05, 3.63) is 39.7 Å². The molecule has 0 aliphatic heterocycles. The van der Waals surface area contributed by atoms with E-state index in [9.17, 15) is 14.5 Å². The summed E-state index contributed by atoms with van der Waals surface area (Å²) in [5.74, 6) is -0.597. The van der Waals surface area contributed by atoms with Crippen molar-refractivity contribution in [2.45, 2.75) is 6.54 Å². The molecular weight excluding hydrogens is 201 g/mol. The van der Waals surface area contributed by atoms with Crippen molar-refractivity contribution < 1.29 is 9.31 Å². The summed E-state index contributed by atoms with van der Waals surface area (Å²) in [5.41, 5.74) is 3.21. The van der Waals surface area contributed by atoms with Crippen LogP contribution in [0.25, 0.3) is 0 Å². The van der Waals surface area contributed by atoms with E-state index in [-0.39, 0.29) is 5.69 Å². The van der Waals surface area contributed by atoms with E-state index in [0.717, 1.165) is 6.07 Å². The van der Waals surface area contributed by atoms with Crippen molar-refractivity contribution in [1.82, 2.24) is 10.4 Å². The van der Waals surface area contributed by atoms with Crippen LogP contribution in [0.15, 0.2) is 18.2 Å². The van der Waals surface area contributed by atoms with E-state index in [2.05, 4.69) is 5.43 Å². The minimum absolute atomic E-state index is 0.231. The SMILES string of the molecule is CN(C)NCc1cc(F)cc([N+](=O)[O-])c1. The number of nitro benzene ring substituents is 1. The van der Waals surface area contributed by atoms with E-state index in [1.807, 2.05) is 0 Å². The number of nitro groups is 1.